The van der Waals surface area contributed by atoms with Gasteiger partial charge in [-0.15, -0.1) is 11.3 Å². The molecule has 0 fully saturated rings. The normalized spacial score (nSPS) is 19.9. The van der Waals surface area contributed by atoms with Crippen molar-refractivity contribution in [2.75, 3.05) is 11.9 Å². The van der Waals surface area contributed by atoms with Gasteiger partial charge < -0.3 is 10.4 Å². The number of ketones is 1. The van der Waals surface area contributed by atoms with Crippen LogP contribution in [0.4, 0.5) is 5.95 Å². The van der Waals surface area contributed by atoms with E-state index < -0.39 is 0 Å². The Labute approximate surface area is 144 Å². The second kappa shape index (κ2) is 6.14. The molecule has 0 saturated heterocycles. The standard InChI is InChI=1S/C17H20N4O2S/c1-10-7-9-24-16(10)15-14-11(4-2-5-12(14)23)18-17-19-13(6-3-8-22)20-21(15)17/h7,9,15,22H,2-6,8H2,1H3,(H,18,19,20). The number of Topliss-reactive ketones (excluding diaryl/α,β-unsaturated/α-hetero) is 1. The van der Waals surface area contributed by atoms with Gasteiger partial charge in [-0.05, 0) is 43.2 Å². The predicted molar refractivity (Wildman–Crippen MR) is 92.1 cm³/mol. The summed E-state index contributed by atoms with van der Waals surface area (Å²) in [5.41, 5.74) is 3.02. The number of hydrogen-bond acceptors (Lipinski definition) is 6. The Hall–Kier alpha value is -1.99. The summed E-state index contributed by atoms with van der Waals surface area (Å²) in [4.78, 5) is 18.4. The minimum atomic E-state index is -0.181. The number of nitrogens with zero attached hydrogens (tertiary/aromatic N) is 3. The number of aliphatic hydroxyl groups excluding tert-OH is 1. The monoisotopic (exact) mass is 344 g/mol. The van der Waals surface area contributed by atoms with Gasteiger partial charge in [-0.3, -0.25) is 4.79 Å². The SMILES string of the molecule is Cc1ccsc1C1C2=C(CCCC2=O)Nc2nc(CCCO)nn21. The number of fused-ring (bicyclic) bond motifs is 1. The van der Waals surface area contributed by atoms with Crippen LogP contribution < -0.4 is 5.32 Å². The van der Waals surface area contributed by atoms with Crippen LogP contribution in [-0.2, 0) is 11.2 Å². The molecule has 0 bridgehead atoms. The first kappa shape index (κ1) is 15.5. The topological polar surface area (TPSA) is 80.0 Å². The molecular weight excluding hydrogens is 324 g/mol. The second-order valence-electron chi connectivity index (χ2n) is 6.29. The van der Waals surface area contributed by atoms with E-state index in [1.54, 1.807) is 11.3 Å². The van der Waals surface area contributed by atoms with Gasteiger partial charge in [0.15, 0.2) is 11.6 Å². The summed E-state index contributed by atoms with van der Waals surface area (Å²) in [6, 6.07) is 1.90. The molecule has 6 nitrogen and oxygen atoms in total. The third-order valence-corrected chi connectivity index (χ3v) is 5.69. The van der Waals surface area contributed by atoms with E-state index in [0.29, 0.717) is 31.0 Å². The summed E-state index contributed by atoms with van der Waals surface area (Å²) in [6.07, 6.45) is 3.63. The third-order valence-electron chi connectivity index (χ3n) is 4.62. The van der Waals surface area contributed by atoms with E-state index in [1.807, 2.05) is 4.68 Å². The van der Waals surface area contributed by atoms with E-state index in [1.165, 1.54) is 5.56 Å². The van der Waals surface area contributed by atoms with Gasteiger partial charge >= 0.3 is 0 Å². The molecule has 4 rings (SSSR count). The molecule has 0 amide bonds. The predicted octanol–water partition coefficient (Wildman–Crippen LogP) is 2.59. The summed E-state index contributed by atoms with van der Waals surface area (Å²) >= 11 is 1.66. The number of aromatic nitrogens is 3. The maximum atomic E-state index is 12.6. The van der Waals surface area contributed by atoms with Gasteiger partial charge in [-0.1, -0.05) is 0 Å². The number of hydrogen-bond donors (Lipinski definition) is 2. The average molecular weight is 344 g/mol. The van der Waals surface area contributed by atoms with Crippen LogP contribution in [0.25, 0.3) is 0 Å². The second-order valence-corrected chi connectivity index (χ2v) is 7.24. The first-order chi connectivity index (χ1) is 11.7. The number of anilines is 1. The van der Waals surface area contributed by atoms with E-state index in [-0.39, 0.29) is 18.4 Å². The zero-order valence-corrected chi connectivity index (χ0v) is 14.4. The van der Waals surface area contributed by atoms with Crippen LogP contribution in [0.1, 0.15) is 48.0 Å². The molecule has 7 heteroatoms. The molecule has 0 saturated carbocycles. The fourth-order valence-electron chi connectivity index (χ4n) is 3.45. The molecule has 0 aromatic carbocycles. The van der Waals surface area contributed by atoms with Crippen LogP contribution in [0.2, 0.25) is 0 Å². The number of carbonyl (C=O) groups is 1. The molecule has 2 aromatic rings. The number of aryl methyl sites for hydroxylation is 2. The van der Waals surface area contributed by atoms with Crippen LogP contribution in [0, 0.1) is 6.92 Å². The van der Waals surface area contributed by atoms with Crippen molar-refractivity contribution < 1.29 is 9.90 Å². The highest BCUT2D eigenvalue weighted by Gasteiger charge is 2.37. The highest BCUT2D eigenvalue weighted by molar-refractivity contribution is 7.10. The Morgan fingerprint density at radius 3 is 3.08 bits per heavy atom. The van der Waals surface area contributed by atoms with Crippen molar-refractivity contribution in [1.82, 2.24) is 14.8 Å². The number of aliphatic hydroxyl groups is 1. The van der Waals surface area contributed by atoms with Crippen molar-refractivity contribution in [3.63, 3.8) is 0 Å². The lowest BCUT2D eigenvalue weighted by atomic mass is 9.87. The lowest BCUT2D eigenvalue weighted by molar-refractivity contribution is -0.116. The molecule has 126 valence electrons. The molecule has 1 atom stereocenters. The average Bonchev–Trinajstić information content (AvgIpc) is 3.17. The molecule has 2 aromatic heterocycles. The smallest absolute Gasteiger partial charge is 0.226 e. The molecule has 2 aliphatic rings. The summed E-state index contributed by atoms with van der Waals surface area (Å²) < 4.78 is 1.85. The summed E-state index contributed by atoms with van der Waals surface area (Å²) in [5, 5.41) is 19.1. The summed E-state index contributed by atoms with van der Waals surface area (Å²) in [5.74, 6) is 1.62. The van der Waals surface area contributed by atoms with Crippen molar-refractivity contribution in [1.29, 1.82) is 0 Å². The van der Waals surface area contributed by atoms with Crippen molar-refractivity contribution >= 4 is 23.1 Å². The van der Waals surface area contributed by atoms with E-state index in [4.69, 9.17) is 5.11 Å². The Bertz CT molecular complexity index is 820. The molecule has 0 spiro atoms. The maximum Gasteiger partial charge on any atom is 0.226 e. The quantitative estimate of drug-likeness (QED) is 0.891. The van der Waals surface area contributed by atoms with Crippen LogP contribution in [0.15, 0.2) is 22.7 Å². The van der Waals surface area contributed by atoms with Gasteiger partial charge in [-0.25, -0.2) is 4.68 Å². The first-order valence-corrected chi connectivity index (χ1v) is 9.20. The fourth-order valence-corrected chi connectivity index (χ4v) is 4.47. The Morgan fingerprint density at radius 1 is 1.46 bits per heavy atom. The number of carbonyl (C=O) groups excluding carboxylic acids is 1. The van der Waals surface area contributed by atoms with Crippen molar-refractivity contribution in [2.24, 2.45) is 0 Å². The molecule has 0 radical (unpaired) electrons. The van der Waals surface area contributed by atoms with Crippen molar-refractivity contribution in [3.05, 3.63) is 39.0 Å². The number of allylic oxidation sites excluding steroid dienone is 2. The van der Waals surface area contributed by atoms with Gasteiger partial charge in [0.05, 0.1) is 0 Å². The van der Waals surface area contributed by atoms with Crippen LogP contribution in [0.3, 0.4) is 0 Å². The fraction of sp³-hybridized carbons (Fsp3) is 0.471. The van der Waals surface area contributed by atoms with Gasteiger partial charge in [0.2, 0.25) is 5.95 Å². The van der Waals surface area contributed by atoms with Gasteiger partial charge in [-0.2, -0.15) is 10.1 Å². The zero-order valence-electron chi connectivity index (χ0n) is 13.6. The van der Waals surface area contributed by atoms with Gasteiger partial charge in [0.25, 0.3) is 0 Å². The van der Waals surface area contributed by atoms with E-state index in [9.17, 15) is 4.79 Å². The van der Waals surface area contributed by atoms with Crippen LogP contribution in [-0.4, -0.2) is 32.3 Å². The van der Waals surface area contributed by atoms with Gasteiger partial charge in [0.1, 0.15) is 6.04 Å². The first-order valence-electron chi connectivity index (χ1n) is 8.32. The summed E-state index contributed by atoms with van der Waals surface area (Å²) in [7, 11) is 0. The number of rotatable bonds is 4. The molecule has 1 aliphatic heterocycles. The Balaban J connectivity index is 1.83. The highest BCUT2D eigenvalue weighted by Crippen LogP contribution is 2.42. The molecule has 2 N–H and O–H groups in total. The molecule has 1 unspecified atom stereocenters. The minimum Gasteiger partial charge on any atom is -0.396 e. The van der Waals surface area contributed by atoms with Crippen LogP contribution in [0.5, 0.6) is 0 Å². The van der Waals surface area contributed by atoms with E-state index >= 15 is 0 Å². The molecule has 24 heavy (non-hydrogen) atoms. The maximum absolute atomic E-state index is 12.6. The number of nitrogens with one attached hydrogen (secondary N) is 1. The van der Waals surface area contributed by atoms with Crippen molar-refractivity contribution in [3.8, 4) is 0 Å². The lowest BCUT2D eigenvalue weighted by Gasteiger charge is -2.31. The Kier molecular flexibility index (Phi) is 3.97. The van der Waals surface area contributed by atoms with Gasteiger partial charge in [0, 0.05) is 35.6 Å². The molecular formula is C17H20N4O2S. The Morgan fingerprint density at radius 2 is 2.33 bits per heavy atom. The third kappa shape index (κ3) is 2.48. The minimum absolute atomic E-state index is 0.123. The van der Waals surface area contributed by atoms with Crippen molar-refractivity contribution in [2.45, 2.75) is 45.1 Å². The molecule has 3 heterocycles. The summed E-state index contributed by atoms with van der Waals surface area (Å²) in [6.45, 7) is 2.20. The lowest BCUT2D eigenvalue weighted by Crippen LogP contribution is -2.31. The zero-order chi connectivity index (χ0) is 16.7. The molecule has 1 aliphatic carbocycles. The number of thiophene rings is 1. The van der Waals surface area contributed by atoms with Crippen LogP contribution >= 0.6 is 11.3 Å². The van der Waals surface area contributed by atoms with E-state index in [2.05, 4.69) is 33.8 Å². The highest BCUT2D eigenvalue weighted by atomic mass is 32.1. The largest absolute Gasteiger partial charge is 0.396 e. The van der Waals surface area contributed by atoms with E-state index in [0.717, 1.165) is 29.0 Å².